The normalized spacial score (nSPS) is 18.4. The van der Waals surface area contributed by atoms with Gasteiger partial charge in [-0.25, -0.2) is 4.98 Å². The Morgan fingerprint density at radius 2 is 2.35 bits per heavy atom. The van der Waals surface area contributed by atoms with Crippen LogP contribution in [0.3, 0.4) is 0 Å². The maximum atomic E-state index is 12.7. The topological polar surface area (TPSA) is 93.5 Å². The van der Waals surface area contributed by atoms with E-state index in [1.54, 1.807) is 25.0 Å². The third-order valence-electron chi connectivity index (χ3n) is 3.74. The minimum atomic E-state index is -0.316. The van der Waals surface area contributed by atoms with Crippen LogP contribution in [0.15, 0.2) is 10.5 Å². The number of carbonyl (C=O) groups is 1. The van der Waals surface area contributed by atoms with E-state index in [-0.39, 0.29) is 12.0 Å². The van der Waals surface area contributed by atoms with Gasteiger partial charge in [-0.15, -0.1) is 0 Å². The summed E-state index contributed by atoms with van der Waals surface area (Å²) in [6.07, 6.45) is -0.316. The first-order valence-electron chi connectivity index (χ1n) is 7.46. The number of nitrogens with one attached hydrogen (secondary N) is 1. The molecule has 3 heterocycles. The molecule has 1 aliphatic rings. The lowest BCUT2D eigenvalue weighted by Gasteiger charge is -2.31. The van der Waals surface area contributed by atoms with E-state index in [1.807, 2.05) is 6.92 Å². The molecule has 1 saturated heterocycles. The maximum absolute atomic E-state index is 12.7. The molecule has 0 spiro atoms. The summed E-state index contributed by atoms with van der Waals surface area (Å²) in [6.45, 7) is 5.35. The van der Waals surface area contributed by atoms with Crippen molar-refractivity contribution in [3.63, 3.8) is 0 Å². The van der Waals surface area contributed by atoms with Crippen LogP contribution < -0.4 is 0 Å². The van der Waals surface area contributed by atoms with Crippen LogP contribution in [0, 0.1) is 13.8 Å². The highest BCUT2D eigenvalue weighted by Crippen LogP contribution is 2.23. The first-order valence-corrected chi connectivity index (χ1v) is 7.46. The zero-order chi connectivity index (χ0) is 16.4. The van der Waals surface area contributed by atoms with Crippen LogP contribution in [0.4, 0.5) is 0 Å². The molecule has 23 heavy (non-hydrogen) atoms. The lowest BCUT2D eigenvalue weighted by Crippen LogP contribution is -2.42. The van der Waals surface area contributed by atoms with Crippen molar-refractivity contribution < 1.29 is 18.7 Å². The van der Waals surface area contributed by atoms with Crippen molar-refractivity contribution in [1.82, 2.24) is 20.1 Å². The van der Waals surface area contributed by atoms with Crippen molar-refractivity contribution in [3.05, 3.63) is 34.8 Å². The molecule has 1 fully saturated rings. The predicted molar refractivity (Wildman–Crippen MR) is 79.9 cm³/mol. The number of methoxy groups -OCH3 is 1. The Labute approximate surface area is 133 Å². The van der Waals surface area contributed by atoms with Crippen molar-refractivity contribution in [1.29, 1.82) is 0 Å². The number of hydrogen-bond acceptors (Lipinski definition) is 6. The zero-order valence-electron chi connectivity index (χ0n) is 13.5. The molecule has 2 aromatic rings. The second-order valence-corrected chi connectivity index (χ2v) is 5.51. The zero-order valence-corrected chi connectivity index (χ0v) is 13.5. The smallest absolute Gasteiger partial charge is 0.257 e. The van der Waals surface area contributed by atoms with Gasteiger partial charge in [-0.1, -0.05) is 0 Å². The van der Waals surface area contributed by atoms with Crippen molar-refractivity contribution in [2.24, 2.45) is 0 Å². The van der Waals surface area contributed by atoms with Gasteiger partial charge in [-0.05, 0) is 19.9 Å². The maximum Gasteiger partial charge on any atom is 0.257 e. The Balaban J connectivity index is 1.74. The van der Waals surface area contributed by atoms with Gasteiger partial charge in [0, 0.05) is 13.7 Å². The average molecular weight is 320 g/mol. The van der Waals surface area contributed by atoms with E-state index in [2.05, 4.69) is 15.2 Å². The largest absolute Gasteiger partial charge is 0.463 e. The lowest BCUT2D eigenvalue weighted by atomic mass is 10.2. The van der Waals surface area contributed by atoms with Crippen molar-refractivity contribution in [3.8, 4) is 0 Å². The fraction of sp³-hybridized carbons (Fsp3) is 0.533. The Kier molecular flexibility index (Phi) is 4.44. The Morgan fingerprint density at radius 3 is 3.04 bits per heavy atom. The molecule has 1 amide bonds. The summed E-state index contributed by atoms with van der Waals surface area (Å²) >= 11 is 0. The van der Waals surface area contributed by atoms with Gasteiger partial charge < -0.3 is 18.8 Å². The lowest BCUT2D eigenvalue weighted by molar-refractivity contribution is -0.0267. The van der Waals surface area contributed by atoms with Gasteiger partial charge in [0.1, 0.15) is 30.1 Å². The van der Waals surface area contributed by atoms with E-state index in [0.717, 1.165) is 5.82 Å². The molecule has 1 aliphatic heterocycles. The monoisotopic (exact) mass is 320 g/mol. The quantitative estimate of drug-likeness (QED) is 0.914. The van der Waals surface area contributed by atoms with E-state index >= 15 is 0 Å². The molecule has 0 bridgehead atoms. The summed E-state index contributed by atoms with van der Waals surface area (Å²) < 4.78 is 16.3. The van der Waals surface area contributed by atoms with Crippen molar-refractivity contribution in [2.45, 2.75) is 26.6 Å². The standard InChI is InChI=1S/C15H20N4O4/c1-9-12(6-11(23-9)8-21-3)15(20)19-4-5-22-13(7-19)14-16-10(2)17-18-14/h6,13H,4-5,7-8H2,1-3H3,(H,16,17,18). The Bertz CT molecular complexity index is 693. The predicted octanol–water partition coefficient (Wildman–Crippen LogP) is 1.37. The molecule has 8 heteroatoms. The minimum absolute atomic E-state index is 0.0749. The van der Waals surface area contributed by atoms with E-state index in [1.165, 1.54) is 0 Å². The number of aryl methyl sites for hydroxylation is 2. The number of H-pyrrole nitrogens is 1. The summed E-state index contributed by atoms with van der Waals surface area (Å²) in [5, 5.41) is 6.91. The van der Waals surface area contributed by atoms with Crippen LogP contribution in [-0.4, -0.2) is 52.8 Å². The molecule has 0 aromatic carbocycles. The van der Waals surface area contributed by atoms with Crippen LogP contribution in [-0.2, 0) is 16.1 Å². The molecule has 8 nitrogen and oxygen atoms in total. The van der Waals surface area contributed by atoms with Gasteiger partial charge in [-0.2, -0.15) is 5.10 Å². The van der Waals surface area contributed by atoms with Gasteiger partial charge >= 0.3 is 0 Å². The van der Waals surface area contributed by atoms with E-state index in [9.17, 15) is 4.79 Å². The number of furan rings is 1. The SMILES string of the molecule is COCc1cc(C(=O)N2CCOC(c3n[nH]c(C)n3)C2)c(C)o1. The van der Waals surface area contributed by atoms with E-state index in [4.69, 9.17) is 13.9 Å². The highest BCUT2D eigenvalue weighted by atomic mass is 16.5. The molecule has 3 rings (SSSR count). The van der Waals surface area contributed by atoms with Crippen molar-refractivity contribution in [2.75, 3.05) is 26.8 Å². The van der Waals surface area contributed by atoms with Crippen molar-refractivity contribution >= 4 is 5.91 Å². The fourth-order valence-electron chi connectivity index (χ4n) is 2.63. The second-order valence-electron chi connectivity index (χ2n) is 5.51. The van der Waals surface area contributed by atoms with Gasteiger partial charge in [0.05, 0.1) is 18.7 Å². The summed E-state index contributed by atoms with van der Waals surface area (Å²) in [6, 6.07) is 1.74. The molecule has 0 saturated carbocycles. The van der Waals surface area contributed by atoms with Gasteiger partial charge in [-0.3, -0.25) is 9.89 Å². The molecular formula is C15H20N4O4. The first-order chi connectivity index (χ1) is 11.1. The molecular weight excluding hydrogens is 300 g/mol. The molecule has 1 unspecified atom stereocenters. The van der Waals surface area contributed by atoms with Gasteiger partial charge in [0.2, 0.25) is 0 Å². The van der Waals surface area contributed by atoms with Gasteiger partial charge in [0.15, 0.2) is 5.82 Å². The molecule has 0 radical (unpaired) electrons. The number of morpholine rings is 1. The van der Waals surface area contributed by atoms with Gasteiger partial charge in [0.25, 0.3) is 5.91 Å². The number of aromatic amines is 1. The van der Waals surface area contributed by atoms with E-state index in [0.29, 0.717) is 49.2 Å². The number of nitrogens with zero attached hydrogens (tertiary/aromatic N) is 3. The molecule has 1 N–H and O–H groups in total. The number of carbonyl (C=O) groups excluding carboxylic acids is 1. The first kappa shape index (κ1) is 15.7. The summed E-state index contributed by atoms with van der Waals surface area (Å²) in [4.78, 5) is 18.8. The third-order valence-corrected chi connectivity index (χ3v) is 3.74. The van der Waals surface area contributed by atoms with E-state index < -0.39 is 0 Å². The van der Waals surface area contributed by atoms with Crippen LogP contribution in [0.2, 0.25) is 0 Å². The number of ether oxygens (including phenoxy) is 2. The number of rotatable bonds is 4. The molecule has 124 valence electrons. The minimum Gasteiger partial charge on any atom is -0.463 e. The highest BCUT2D eigenvalue weighted by Gasteiger charge is 2.30. The Morgan fingerprint density at radius 1 is 1.52 bits per heavy atom. The Hall–Kier alpha value is -2.19. The average Bonchev–Trinajstić information content (AvgIpc) is 3.13. The highest BCUT2D eigenvalue weighted by molar-refractivity contribution is 5.95. The number of aromatic nitrogens is 3. The molecule has 0 aliphatic carbocycles. The fourth-order valence-corrected chi connectivity index (χ4v) is 2.63. The molecule has 2 aromatic heterocycles. The van der Waals surface area contributed by atoms with Crippen LogP contribution >= 0.6 is 0 Å². The second kappa shape index (κ2) is 6.51. The van der Waals surface area contributed by atoms with Crippen LogP contribution in [0.25, 0.3) is 0 Å². The molecule has 1 atom stereocenters. The number of amides is 1. The van der Waals surface area contributed by atoms with Crippen LogP contribution in [0.1, 0.15) is 39.6 Å². The van der Waals surface area contributed by atoms with Crippen LogP contribution in [0.5, 0.6) is 0 Å². The summed E-state index contributed by atoms with van der Waals surface area (Å²) in [7, 11) is 1.59. The summed E-state index contributed by atoms with van der Waals surface area (Å²) in [5.41, 5.74) is 0.559. The number of hydrogen-bond donors (Lipinski definition) is 1. The summed E-state index contributed by atoms with van der Waals surface area (Å²) in [5.74, 6) is 2.46. The third kappa shape index (κ3) is 3.27.